The van der Waals surface area contributed by atoms with E-state index in [1.54, 1.807) is 0 Å². The molecule has 37 heavy (non-hydrogen) atoms. The molecule has 3 rings (SSSR count). The van der Waals surface area contributed by atoms with Gasteiger partial charge in [-0.25, -0.2) is 0 Å². The molecule has 0 unspecified atom stereocenters. The summed E-state index contributed by atoms with van der Waals surface area (Å²) >= 11 is 0. The van der Waals surface area contributed by atoms with Gasteiger partial charge in [-0.2, -0.15) is 15.0 Å². The topological polar surface area (TPSA) is 51.6 Å². The van der Waals surface area contributed by atoms with Crippen molar-refractivity contribution in [2.24, 2.45) is 0 Å². The van der Waals surface area contributed by atoms with Gasteiger partial charge in [0.25, 0.3) is 0 Å². The Bertz CT molecular complexity index is 871. The summed E-state index contributed by atoms with van der Waals surface area (Å²) in [5, 5.41) is 0. The largest absolute Gasteiger partial charge is 0.338 e. The van der Waals surface area contributed by atoms with Gasteiger partial charge < -0.3 is 9.80 Å². The Morgan fingerprint density at radius 2 is 1.03 bits per heavy atom. The summed E-state index contributed by atoms with van der Waals surface area (Å²) in [5.41, 5.74) is 0.482. The van der Waals surface area contributed by atoms with Gasteiger partial charge in [0.1, 0.15) is 5.82 Å². The summed E-state index contributed by atoms with van der Waals surface area (Å²) in [7, 11) is 2.27. The van der Waals surface area contributed by atoms with Crippen LogP contribution in [0.2, 0.25) is 0 Å². The molecule has 0 atom stereocenters. The van der Waals surface area contributed by atoms with E-state index in [4.69, 9.17) is 15.0 Å². The van der Waals surface area contributed by atoms with Crippen molar-refractivity contribution in [3.8, 4) is 0 Å². The van der Waals surface area contributed by atoms with Crippen molar-refractivity contribution in [2.45, 2.75) is 150 Å². The first-order valence-electron chi connectivity index (χ1n) is 14.3. The molecular formula is C30H59N7. The van der Waals surface area contributed by atoms with E-state index in [0.717, 1.165) is 63.0 Å². The quantitative estimate of drug-likeness (QED) is 0.429. The van der Waals surface area contributed by atoms with E-state index in [-0.39, 0.29) is 29.6 Å². The van der Waals surface area contributed by atoms with E-state index in [1.165, 1.54) is 0 Å². The molecule has 0 amide bonds. The molecule has 7 nitrogen and oxygen atoms in total. The standard InChI is InChI=1S/C29H55N7.CH4/c1-14-34(22-17-26(5,6)33(13)27(7,8)18-22)24-30-21(4)31-25(32-24)35(15-2)23-19-28(9,10)36(16-3)29(11,12)20-23;/h22-23H,14-20H2,1-13H3;1H4. The molecule has 0 aliphatic carbocycles. The molecule has 2 fully saturated rings. The van der Waals surface area contributed by atoms with Crippen molar-refractivity contribution in [1.82, 2.24) is 24.8 Å². The summed E-state index contributed by atoms with van der Waals surface area (Å²) < 4.78 is 0. The molecule has 2 aliphatic heterocycles. The van der Waals surface area contributed by atoms with Gasteiger partial charge in [-0.3, -0.25) is 9.80 Å². The maximum Gasteiger partial charge on any atom is 0.230 e. The SMILES string of the molecule is C.CCN(c1nc(C)nc(N(CC)C2CC(C)(C)N(CC)C(C)(C)C2)n1)C1CC(C)(C)N(C)C(C)(C)C1. The molecular weight excluding hydrogens is 458 g/mol. The van der Waals surface area contributed by atoms with Gasteiger partial charge in [-0.1, -0.05) is 14.4 Å². The third-order valence-corrected chi connectivity index (χ3v) is 9.33. The first-order chi connectivity index (χ1) is 16.5. The van der Waals surface area contributed by atoms with Gasteiger partial charge in [-0.15, -0.1) is 0 Å². The van der Waals surface area contributed by atoms with Crippen LogP contribution in [0.25, 0.3) is 0 Å². The Kier molecular flexibility index (Phi) is 9.40. The van der Waals surface area contributed by atoms with Crippen LogP contribution < -0.4 is 9.80 Å². The van der Waals surface area contributed by atoms with Crippen LogP contribution in [0, 0.1) is 6.92 Å². The van der Waals surface area contributed by atoms with Crippen molar-refractivity contribution in [3.05, 3.63) is 5.82 Å². The minimum atomic E-state index is 0. The van der Waals surface area contributed by atoms with Gasteiger partial charge in [-0.05, 0) is 115 Å². The third kappa shape index (κ3) is 6.24. The Morgan fingerprint density at radius 3 is 1.35 bits per heavy atom. The van der Waals surface area contributed by atoms with Crippen LogP contribution >= 0.6 is 0 Å². The minimum absolute atomic E-state index is 0. The van der Waals surface area contributed by atoms with Crippen LogP contribution in [0.15, 0.2) is 0 Å². The predicted molar refractivity (Wildman–Crippen MR) is 160 cm³/mol. The minimum Gasteiger partial charge on any atom is -0.338 e. The fraction of sp³-hybridized carbons (Fsp3) is 0.900. The second-order valence-corrected chi connectivity index (χ2v) is 13.7. The monoisotopic (exact) mass is 517 g/mol. The van der Waals surface area contributed by atoms with Crippen LogP contribution in [-0.2, 0) is 0 Å². The molecule has 2 aliphatic rings. The number of anilines is 2. The molecule has 214 valence electrons. The van der Waals surface area contributed by atoms with E-state index in [9.17, 15) is 0 Å². The van der Waals surface area contributed by atoms with E-state index in [1.807, 2.05) is 6.92 Å². The second-order valence-electron chi connectivity index (χ2n) is 13.7. The lowest BCUT2D eigenvalue weighted by atomic mass is 9.76. The highest BCUT2D eigenvalue weighted by Crippen LogP contribution is 2.42. The van der Waals surface area contributed by atoms with E-state index in [2.05, 4.69) is 103 Å². The Balaban J connectivity index is 0.00000481. The van der Waals surface area contributed by atoms with E-state index < -0.39 is 0 Å². The summed E-state index contributed by atoms with van der Waals surface area (Å²) in [4.78, 5) is 25.1. The normalized spacial score (nSPS) is 23.9. The Hall–Kier alpha value is -1.47. The number of nitrogens with zero attached hydrogens (tertiary/aromatic N) is 7. The van der Waals surface area contributed by atoms with Gasteiger partial charge >= 0.3 is 0 Å². The average molecular weight is 518 g/mol. The highest BCUT2D eigenvalue weighted by atomic mass is 15.4. The zero-order chi connectivity index (χ0) is 27.3. The number of aryl methyl sites for hydroxylation is 1. The molecule has 7 heteroatoms. The van der Waals surface area contributed by atoms with Gasteiger partial charge in [0.15, 0.2) is 0 Å². The first kappa shape index (κ1) is 31.7. The zero-order valence-corrected chi connectivity index (χ0v) is 25.7. The Labute approximate surface area is 229 Å². The average Bonchev–Trinajstić information content (AvgIpc) is 2.71. The van der Waals surface area contributed by atoms with E-state index in [0.29, 0.717) is 12.1 Å². The first-order valence-corrected chi connectivity index (χ1v) is 14.3. The highest BCUT2D eigenvalue weighted by molar-refractivity contribution is 5.42. The molecule has 0 bridgehead atoms. The van der Waals surface area contributed by atoms with Crippen LogP contribution in [0.4, 0.5) is 11.9 Å². The van der Waals surface area contributed by atoms with Crippen molar-refractivity contribution < 1.29 is 0 Å². The van der Waals surface area contributed by atoms with Crippen molar-refractivity contribution in [3.63, 3.8) is 0 Å². The highest BCUT2D eigenvalue weighted by Gasteiger charge is 2.47. The number of aromatic nitrogens is 3. The van der Waals surface area contributed by atoms with Crippen LogP contribution in [0.3, 0.4) is 0 Å². The Morgan fingerprint density at radius 1 is 0.676 bits per heavy atom. The zero-order valence-electron chi connectivity index (χ0n) is 25.7. The number of hydrogen-bond donors (Lipinski definition) is 0. The molecule has 1 aromatic heterocycles. The molecule has 0 saturated carbocycles. The molecule has 3 heterocycles. The molecule has 1 aromatic rings. The van der Waals surface area contributed by atoms with Crippen molar-refractivity contribution in [2.75, 3.05) is 36.5 Å². The number of likely N-dealkylation sites (tertiary alicyclic amines) is 2. The van der Waals surface area contributed by atoms with Crippen LogP contribution in [0.1, 0.15) is 115 Å². The van der Waals surface area contributed by atoms with Crippen LogP contribution in [-0.4, -0.2) is 85.7 Å². The summed E-state index contributed by atoms with van der Waals surface area (Å²) in [6, 6.07) is 0.792. The maximum absolute atomic E-state index is 5.18. The summed E-state index contributed by atoms with van der Waals surface area (Å²) in [6.45, 7) is 30.7. The van der Waals surface area contributed by atoms with Crippen molar-refractivity contribution >= 4 is 11.9 Å². The molecule has 0 spiro atoms. The van der Waals surface area contributed by atoms with Crippen LogP contribution in [0.5, 0.6) is 0 Å². The number of rotatable bonds is 7. The fourth-order valence-electron chi connectivity index (χ4n) is 7.72. The second kappa shape index (κ2) is 11.0. The fourth-order valence-corrected chi connectivity index (χ4v) is 7.72. The molecule has 0 radical (unpaired) electrons. The van der Waals surface area contributed by atoms with E-state index >= 15 is 0 Å². The third-order valence-electron chi connectivity index (χ3n) is 9.33. The number of hydrogen-bond acceptors (Lipinski definition) is 7. The maximum atomic E-state index is 5.18. The molecule has 0 N–H and O–H groups in total. The lowest BCUT2D eigenvalue weighted by molar-refractivity contribution is -0.0315. The lowest BCUT2D eigenvalue weighted by Crippen LogP contribution is -2.64. The van der Waals surface area contributed by atoms with Gasteiger partial charge in [0.05, 0.1) is 0 Å². The van der Waals surface area contributed by atoms with Gasteiger partial charge in [0.2, 0.25) is 11.9 Å². The predicted octanol–water partition coefficient (Wildman–Crippen LogP) is 6.16. The summed E-state index contributed by atoms with van der Waals surface area (Å²) in [5.74, 6) is 2.48. The van der Waals surface area contributed by atoms with Gasteiger partial charge in [0, 0.05) is 47.3 Å². The number of piperidine rings is 2. The summed E-state index contributed by atoms with van der Waals surface area (Å²) in [6.07, 6.45) is 4.40. The molecule has 0 aromatic carbocycles. The molecule has 2 saturated heterocycles. The lowest BCUT2D eigenvalue weighted by Gasteiger charge is -2.57. The smallest absolute Gasteiger partial charge is 0.230 e. The van der Waals surface area contributed by atoms with Crippen molar-refractivity contribution in [1.29, 1.82) is 0 Å².